The number of carbonyl (C=O) groups excluding carboxylic acids is 1. The van der Waals surface area contributed by atoms with Crippen LogP contribution in [0.2, 0.25) is 0 Å². The minimum atomic E-state index is -4.50. The van der Waals surface area contributed by atoms with Gasteiger partial charge in [0.15, 0.2) is 11.4 Å². The van der Waals surface area contributed by atoms with E-state index in [0.717, 1.165) is 29.1 Å². The molecule has 0 saturated carbocycles. The summed E-state index contributed by atoms with van der Waals surface area (Å²) in [6.07, 6.45) is -1.44. The van der Waals surface area contributed by atoms with Crippen LogP contribution in [0.1, 0.15) is 40.3 Å². The predicted octanol–water partition coefficient (Wildman–Crippen LogP) is 4.88. The number of methoxy groups -OCH3 is 1. The summed E-state index contributed by atoms with van der Waals surface area (Å²) in [5.74, 6) is -0.388. The predicted molar refractivity (Wildman–Crippen MR) is 119 cm³/mol. The standard InChI is InChI=1S/C24H22F3N5O2/c1-15(20-13-28-32(16(20)2)18-9-5-4-6-10-18)29-23(33)22-21(34-3)14-31(30-22)19-11-7-8-17(12-19)24(25,26)27/h4-15H,1-3H3,(H,29,33). The number of nitrogens with one attached hydrogen (secondary N) is 1. The molecule has 1 amide bonds. The Morgan fingerprint density at radius 2 is 1.79 bits per heavy atom. The monoisotopic (exact) mass is 469 g/mol. The van der Waals surface area contributed by atoms with E-state index in [-0.39, 0.29) is 17.1 Å². The molecule has 1 N–H and O–H groups in total. The van der Waals surface area contributed by atoms with Crippen LogP contribution >= 0.6 is 0 Å². The van der Waals surface area contributed by atoms with E-state index in [4.69, 9.17) is 4.74 Å². The zero-order valence-electron chi connectivity index (χ0n) is 18.7. The summed E-state index contributed by atoms with van der Waals surface area (Å²) in [5, 5.41) is 11.5. The minimum Gasteiger partial charge on any atom is -0.493 e. The van der Waals surface area contributed by atoms with E-state index in [1.54, 1.807) is 10.9 Å². The molecule has 0 aliphatic rings. The number of para-hydroxylation sites is 1. The van der Waals surface area contributed by atoms with E-state index in [2.05, 4.69) is 15.5 Å². The van der Waals surface area contributed by atoms with Crippen LogP contribution in [0.15, 0.2) is 67.0 Å². The van der Waals surface area contributed by atoms with Crippen molar-refractivity contribution in [1.82, 2.24) is 24.9 Å². The van der Waals surface area contributed by atoms with Gasteiger partial charge in [0.2, 0.25) is 0 Å². The molecule has 0 fully saturated rings. The number of amides is 1. The average Bonchev–Trinajstić information content (AvgIpc) is 3.43. The summed E-state index contributed by atoms with van der Waals surface area (Å²) >= 11 is 0. The van der Waals surface area contributed by atoms with E-state index in [1.165, 1.54) is 30.1 Å². The maximum absolute atomic E-state index is 13.1. The average molecular weight is 469 g/mol. The van der Waals surface area contributed by atoms with Crippen molar-refractivity contribution in [2.45, 2.75) is 26.1 Å². The minimum absolute atomic E-state index is 0.0418. The number of rotatable bonds is 6. The van der Waals surface area contributed by atoms with Crippen molar-refractivity contribution < 1.29 is 22.7 Å². The first-order valence-electron chi connectivity index (χ1n) is 10.4. The summed E-state index contributed by atoms with van der Waals surface area (Å²) in [5.41, 5.74) is 1.87. The molecule has 4 rings (SSSR count). The number of benzene rings is 2. The highest BCUT2D eigenvalue weighted by atomic mass is 19.4. The van der Waals surface area contributed by atoms with Gasteiger partial charge in [-0.1, -0.05) is 24.3 Å². The van der Waals surface area contributed by atoms with E-state index in [0.29, 0.717) is 0 Å². The van der Waals surface area contributed by atoms with Gasteiger partial charge in [0.05, 0.1) is 42.5 Å². The molecule has 0 bridgehead atoms. The van der Waals surface area contributed by atoms with Gasteiger partial charge in [0.25, 0.3) is 5.91 Å². The lowest BCUT2D eigenvalue weighted by Gasteiger charge is -2.14. The molecule has 0 aliphatic heterocycles. The fourth-order valence-electron chi connectivity index (χ4n) is 3.64. The number of aromatic nitrogens is 4. The van der Waals surface area contributed by atoms with Gasteiger partial charge in [-0.2, -0.15) is 23.4 Å². The number of nitrogens with zero attached hydrogens (tertiary/aromatic N) is 4. The number of carbonyl (C=O) groups is 1. The second kappa shape index (κ2) is 9.05. The fourth-order valence-corrected chi connectivity index (χ4v) is 3.64. The molecule has 176 valence electrons. The van der Waals surface area contributed by atoms with Gasteiger partial charge in [-0.25, -0.2) is 9.36 Å². The highest BCUT2D eigenvalue weighted by molar-refractivity contribution is 5.95. The maximum atomic E-state index is 13.1. The van der Waals surface area contributed by atoms with Gasteiger partial charge in [-0.05, 0) is 44.2 Å². The van der Waals surface area contributed by atoms with Crippen molar-refractivity contribution in [3.63, 3.8) is 0 Å². The fraction of sp³-hybridized carbons (Fsp3) is 0.208. The van der Waals surface area contributed by atoms with Gasteiger partial charge < -0.3 is 10.1 Å². The first-order valence-corrected chi connectivity index (χ1v) is 10.4. The number of alkyl halides is 3. The van der Waals surface area contributed by atoms with Crippen LogP contribution < -0.4 is 10.1 Å². The molecular weight excluding hydrogens is 447 g/mol. The molecule has 0 saturated heterocycles. The van der Waals surface area contributed by atoms with Crippen LogP contribution in [-0.4, -0.2) is 32.6 Å². The van der Waals surface area contributed by atoms with Crippen LogP contribution in [0, 0.1) is 6.92 Å². The quantitative estimate of drug-likeness (QED) is 0.437. The Morgan fingerprint density at radius 3 is 2.47 bits per heavy atom. The van der Waals surface area contributed by atoms with Crippen molar-refractivity contribution in [1.29, 1.82) is 0 Å². The number of halogens is 3. The first-order chi connectivity index (χ1) is 16.2. The van der Waals surface area contributed by atoms with Gasteiger partial charge in [-0.3, -0.25) is 4.79 Å². The SMILES string of the molecule is COc1cn(-c2cccc(C(F)(F)F)c2)nc1C(=O)NC(C)c1cnn(-c2ccccc2)c1C. The molecule has 10 heteroatoms. The van der Waals surface area contributed by atoms with E-state index < -0.39 is 23.7 Å². The summed E-state index contributed by atoms with van der Waals surface area (Å²) in [6.45, 7) is 3.72. The van der Waals surface area contributed by atoms with Crippen LogP contribution in [0.5, 0.6) is 5.75 Å². The van der Waals surface area contributed by atoms with Crippen molar-refractivity contribution in [2.24, 2.45) is 0 Å². The lowest BCUT2D eigenvalue weighted by molar-refractivity contribution is -0.137. The van der Waals surface area contributed by atoms with Crippen LogP contribution in [0.25, 0.3) is 11.4 Å². The van der Waals surface area contributed by atoms with Crippen molar-refractivity contribution in [2.75, 3.05) is 7.11 Å². The van der Waals surface area contributed by atoms with Gasteiger partial charge in [0.1, 0.15) is 0 Å². The molecule has 1 unspecified atom stereocenters. The van der Waals surface area contributed by atoms with E-state index in [9.17, 15) is 18.0 Å². The van der Waals surface area contributed by atoms with Crippen LogP contribution in [0.4, 0.5) is 13.2 Å². The van der Waals surface area contributed by atoms with Crippen molar-refractivity contribution in [3.8, 4) is 17.1 Å². The summed E-state index contributed by atoms with van der Waals surface area (Å²) in [6, 6.07) is 13.9. The summed E-state index contributed by atoms with van der Waals surface area (Å²) in [4.78, 5) is 13.0. The van der Waals surface area contributed by atoms with Crippen LogP contribution in [-0.2, 0) is 6.18 Å². The zero-order chi connectivity index (χ0) is 24.5. The summed E-state index contributed by atoms with van der Waals surface area (Å²) < 4.78 is 47.5. The maximum Gasteiger partial charge on any atom is 0.416 e. The van der Waals surface area contributed by atoms with Gasteiger partial charge in [0, 0.05) is 11.3 Å². The molecule has 34 heavy (non-hydrogen) atoms. The van der Waals surface area contributed by atoms with Crippen LogP contribution in [0.3, 0.4) is 0 Å². The number of ether oxygens (including phenoxy) is 1. The third-order valence-electron chi connectivity index (χ3n) is 5.42. The molecule has 0 aliphatic carbocycles. The molecule has 2 heterocycles. The van der Waals surface area contributed by atoms with E-state index >= 15 is 0 Å². The Hall–Kier alpha value is -4.08. The molecular formula is C24H22F3N5O2. The number of hydrogen-bond donors (Lipinski definition) is 1. The van der Waals surface area contributed by atoms with Gasteiger partial charge in [-0.15, -0.1) is 0 Å². The molecule has 0 spiro atoms. The Balaban J connectivity index is 1.57. The zero-order valence-corrected chi connectivity index (χ0v) is 18.7. The van der Waals surface area contributed by atoms with Crippen molar-refractivity contribution >= 4 is 5.91 Å². The largest absolute Gasteiger partial charge is 0.493 e. The topological polar surface area (TPSA) is 74.0 Å². The Labute approximate surface area is 193 Å². The first kappa shape index (κ1) is 23.1. The third kappa shape index (κ3) is 4.52. The molecule has 0 radical (unpaired) electrons. The van der Waals surface area contributed by atoms with Gasteiger partial charge >= 0.3 is 6.18 Å². The van der Waals surface area contributed by atoms with Crippen molar-refractivity contribution in [3.05, 3.63) is 89.5 Å². The molecule has 1 atom stereocenters. The second-order valence-electron chi connectivity index (χ2n) is 7.67. The highest BCUT2D eigenvalue weighted by Crippen LogP contribution is 2.31. The van der Waals surface area contributed by atoms with E-state index in [1.807, 2.05) is 44.2 Å². The second-order valence-corrected chi connectivity index (χ2v) is 7.67. The molecule has 2 aromatic heterocycles. The molecule has 7 nitrogen and oxygen atoms in total. The lowest BCUT2D eigenvalue weighted by atomic mass is 10.1. The Morgan fingerprint density at radius 1 is 1.09 bits per heavy atom. The summed E-state index contributed by atoms with van der Waals surface area (Å²) in [7, 11) is 1.36. The number of hydrogen-bond acceptors (Lipinski definition) is 4. The Kier molecular flexibility index (Phi) is 6.14. The Bertz CT molecular complexity index is 1310. The molecule has 4 aromatic rings. The highest BCUT2D eigenvalue weighted by Gasteiger charge is 2.31. The normalized spacial score (nSPS) is 12.4. The lowest BCUT2D eigenvalue weighted by Crippen LogP contribution is -2.27. The molecule has 2 aromatic carbocycles. The third-order valence-corrected chi connectivity index (χ3v) is 5.42. The smallest absolute Gasteiger partial charge is 0.416 e.